The normalized spacial score (nSPS) is 15.7. The molecule has 1 aromatic carbocycles. The summed E-state index contributed by atoms with van der Waals surface area (Å²) in [6.07, 6.45) is 0.0844. The first-order valence-electron chi connectivity index (χ1n) is 5.52. The number of benzene rings is 1. The van der Waals surface area contributed by atoms with E-state index in [1.165, 1.54) is 12.1 Å². The molecule has 2 N–H and O–H groups in total. The van der Waals surface area contributed by atoms with Crippen LogP contribution in [0.5, 0.6) is 0 Å². The van der Waals surface area contributed by atoms with Gasteiger partial charge in [0.25, 0.3) is 0 Å². The van der Waals surface area contributed by atoms with Crippen molar-refractivity contribution >= 4 is 11.6 Å². The van der Waals surface area contributed by atoms with E-state index in [0.717, 1.165) is 0 Å². The van der Waals surface area contributed by atoms with Gasteiger partial charge in [0, 0.05) is 13.0 Å². The van der Waals surface area contributed by atoms with Crippen LogP contribution < -0.4 is 5.73 Å². The van der Waals surface area contributed by atoms with E-state index in [2.05, 4.69) is 0 Å². The molecule has 0 fully saturated rings. The number of halogens is 3. The summed E-state index contributed by atoms with van der Waals surface area (Å²) in [4.78, 5) is 0. The van der Waals surface area contributed by atoms with Crippen molar-refractivity contribution in [3.8, 4) is 0 Å². The predicted molar refractivity (Wildman–Crippen MR) is 67.5 cm³/mol. The topological polar surface area (TPSA) is 26.0 Å². The second-order valence-corrected chi connectivity index (χ2v) is 5.75. The maximum absolute atomic E-state index is 14.7. The molecule has 0 aliphatic carbocycles. The zero-order valence-electron chi connectivity index (χ0n) is 10.4. The summed E-state index contributed by atoms with van der Waals surface area (Å²) in [5.74, 6) is -0.530. The molecule has 17 heavy (non-hydrogen) atoms. The highest BCUT2D eigenvalue weighted by Gasteiger charge is 2.41. The Morgan fingerprint density at radius 2 is 1.88 bits per heavy atom. The monoisotopic (exact) mass is 261 g/mol. The third-order valence-electron chi connectivity index (χ3n) is 3.14. The zero-order chi connectivity index (χ0) is 13.3. The Kier molecular flexibility index (Phi) is 4.15. The van der Waals surface area contributed by atoms with Crippen LogP contribution in [-0.4, -0.2) is 12.2 Å². The smallest absolute Gasteiger partial charge is 0.142 e. The van der Waals surface area contributed by atoms with E-state index in [0.29, 0.717) is 5.56 Å². The van der Waals surface area contributed by atoms with Gasteiger partial charge < -0.3 is 5.73 Å². The summed E-state index contributed by atoms with van der Waals surface area (Å²) in [6.45, 7) is 5.26. The molecule has 0 heterocycles. The Labute approximate surface area is 106 Å². The summed E-state index contributed by atoms with van der Waals surface area (Å²) in [5.41, 5.74) is 3.92. The van der Waals surface area contributed by atoms with Crippen molar-refractivity contribution in [2.45, 2.75) is 32.9 Å². The van der Waals surface area contributed by atoms with E-state index in [1.807, 2.05) is 0 Å². The molecular formula is C13H18ClF2N. The van der Waals surface area contributed by atoms with Crippen LogP contribution in [0.1, 0.15) is 26.3 Å². The number of nitrogens with two attached hydrogens (primary N) is 1. The van der Waals surface area contributed by atoms with Crippen molar-refractivity contribution in [3.63, 3.8) is 0 Å². The molecule has 0 bridgehead atoms. The summed E-state index contributed by atoms with van der Waals surface area (Å²) in [5, 5.41) is 0.0433. The van der Waals surface area contributed by atoms with Crippen LogP contribution in [0.25, 0.3) is 0 Å². The van der Waals surface area contributed by atoms with E-state index in [4.69, 9.17) is 17.3 Å². The minimum atomic E-state index is -1.56. The fourth-order valence-corrected chi connectivity index (χ4v) is 1.73. The molecule has 4 heteroatoms. The minimum Gasteiger partial charge on any atom is -0.327 e. The average molecular weight is 262 g/mol. The van der Waals surface area contributed by atoms with Gasteiger partial charge in [-0.3, -0.25) is 0 Å². The van der Waals surface area contributed by atoms with Crippen LogP contribution in [0.3, 0.4) is 0 Å². The molecule has 1 rings (SSSR count). The SMILES string of the molecule is CC(C)(C)C(F)(CN)Cc1ccc(Cl)c(F)c1. The third-order valence-corrected chi connectivity index (χ3v) is 3.44. The first-order chi connectivity index (χ1) is 7.69. The molecule has 0 aliphatic heterocycles. The molecule has 0 saturated carbocycles. The fraction of sp³-hybridized carbons (Fsp3) is 0.538. The predicted octanol–water partition coefficient (Wildman–Crippen LogP) is 3.73. The average Bonchev–Trinajstić information content (AvgIpc) is 2.22. The fourth-order valence-electron chi connectivity index (χ4n) is 1.62. The molecule has 0 amide bonds. The largest absolute Gasteiger partial charge is 0.327 e. The Morgan fingerprint density at radius 1 is 1.29 bits per heavy atom. The molecule has 0 saturated heterocycles. The second kappa shape index (κ2) is 4.91. The number of hydrogen-bond donors (Lipinski definition) is 1. The van der Waals surface area contributed by atoms with Gasteiger partial charge in [0.05, 0.1) is 5.02 Å². The van der Waals surface area contributed by atoms with Gasteiger partial charge >= 0.3 is 0 Å². The van der Waals surface area contributed by atoms with Crippen molar-refractivity contribution in [3.05, 3.63) is 34.6 Å². The van der Waals surface area contributed by atoms with Crippen LogP contribution in [0, 0.1) is 11.2 Å². The van der Waals surface area contributed by atoms with E-state index >= 15 is 0 Å². The van der Waals surface area contributed by atoms with Gasteiger partial charge in [-0.25, -0.2) is 8.78 Å². The molecule has 96 valence electrons. The molecule has 0 radical (unpaired) electrons. The number of hydrogen-bond acceptors (Lipinski definition) is 1. The van der Waals surface area contributed by atoms with Gasteiger partial charge in [-0.1, -0.05) is 38.4 Å². The van der Waals surface area contributed by atoms with Crippen molar-refractivity contribution in [1.29, 1.82) is 0 Å². The molecule has 1 atom stereocenters. The highest BCUT2D eigenvalue weighted by molar-refractivity contribution is 6.30. The molecular weight excluding hydrogens is 244 g/mol. The van der Waals surface area contributed by atoms with E-state index in [-0.39, 0.29) is 18.0 Å². The zero-order valence-corrected chi connectivity index (χ0v) is 11.1. The van der Waals surface area contributed by atoms with Gasteiger partial charge in [0.2, 0.25) is 0 Å². The Hall–Kier alpha value is -0.670. The van der Waals surface area contributed by atoms with Gasteiger partial charge in [-0.2, -0.15) is 0 Å². The van der Waals surface area contributed by atoms with E-state index in [9.17, 15) is 8.78 Å². The van der Waals surface area contributed by atoms with Crippen molar-refractivity contribution in [1.82, 2.24) is 0 Å². The molecule has 1 aromatic rings. The number of alkyl halides is 1. The first kappa shape index (κ1) is 14.4. The third kappa shape index (κ3) is 3.17. The summed E-state index contributed by atoms with van der Waals surface area (Å²) in [6, 6.07) is 4.32. The lowest BCUT2D eigenvalue weighted by molar-refractivity contribution is 0.0382. The lowest BCUT2D eigenvalue weighted by atomic mass is 9.74. The molecule has 0 aliphatic rings. The van der Waals surface area contributed by atoms with Crippen LogP contribution in [0.15, 0.2) is 18.2 Å². The van der Waals surface area contributed by atoms with Crippen molar-refractivity contribution in [2.24, 2.45) is 11.1 Å². The molecule has 1 nitrogen and oxygen atoms in total. The minimum absolute atomic E-state index is 0.0433. The Balaban J connectivity index is 2.99. The molecule has 1 unspecified atom stereocenters. The first-order valence-corrected chi connectivity index (χ1v) is 5.90. The van der Waals surface area contributed by atoms with Crippen LogP contribution in [0.2, 0.25) is 5.02 Å². The van der Waals surface area contributed by atoms with E-state index < -0.39 is 16.9 Å². The van der Waals surface area contributed by atoms with Gasteiger partial charge in [-0.05, 0) is 23.1 Å². The molecule has 0 aromatic heterocycles. The highest BCUT2D eigenvalue weighted by atomic mass is 35.5. The maximum Gasteiger partial charge on any atom is 0.142 e. The summed E-state index contributed by atoms with van der Waals surface area (Å²) in [7, 11) is 0. The van der Waals surface area contributed by atoms with Crippen molar-refractivity contribution < 1.29 is 8.78 Å². The lowest BCUT2D eigenvalue weighted by Crippen LogP contribution is -2.47. The lowest BCUT2D eigenvalue weighted by Gasteiger charge is -2.37. The van der Waals surface area contributed by atoms with E-state index in [1.54, 1.807) is 26.8 Å². The van der Waals surface area contributed by atoms with Crippen LogP contribution in [-0.2, 0) is 6.42 Å². The summed E-state index contributed by atoms with van der Waals surface area (Å²) < 4.78 is 27.9. The maximum atomic E-state index is 14.7. The number of rotatable bonds is 3. The van der Waals surface area contributed by atoms with Crippen molar-refractivity contribution in [2.75, 3.05) is 6.54 Å². The Bertz CT molecular complexity index is 401. The quantitative estimate of drug-likeness (QED) is 0.881. The Morgan fingerprint density at radius 3 is 2.29 bits per heavy atom. The highest BCUT2D eigenvalue weighted by Crippen LogP contribution is 2.36. The van der Waals surface area contributed by atoms with Gasteiger partial charge in [0.1, 0.15) is 11.5 Å². The standard InChI is InChI=1S/C13H18ClF2N/c1-12(2,3)13(16,8-17)7-9-4-5-10(14)11(15)6-9/h4-6H,7-8,17H2,1-3H3. The molecule has 0 spiro atoms. The summed E-state index contributed by atoms with van der Waals surface area (Å²) >= 11 is 5.58. The van der Waals surface area contributed by atoms with Crippen LogP contribution >= 0.6 is 11.6 Å². The van der Waals surface area contributed by atoms with Crippen LogP contribution in [0.4, 0.5) is 8.78 Å². The van der Waals surface area contributed by atoms with Gasteiger partial charge in [0.15, 0.2) is 0 Å². The van der Waals surface area contributed by atoms with Gasteiger partial charge in [-0.15, -0.1) is 0 Å². The second-order valence-electron chi connectivity index (χ2n) is 5.34.